The Hall–Kier alpha value is -3.42. The number of aromatic nitrogens is 3. The van der Waals surface area contributed by atoms with Crippen LogP contribution in [0.4, 0.5) is 0 Å². The SMILES string of the molecule is O=c1[nH]nc(-c2cc3c(=O)c4ccccc4oc3[nH]c2=O)o1. The summed E-state index contributed by atoms with van der Waals surface area (Å²) >= 11 is 0. The van der Waals surface area contributed by atoms with Gasteiger partial charge in [0.2, 0.25) is 11.1 Å². The second kappa shape index (κ2) is 4.29. The summed E-state index contributed by atoms with van der Waals surface area (Å²) in [5.41, 5.74) is -0.494. The van der Waals surface area contributed by atoms with Crippen LogP contribution in [0.3, 0.4) is 0 Å². The molecule has 108 valence electrons. The number of benzene rings is 1. The maximum atomic E-state index is 12.5. The van der Waals surface area contributed by atoms with Crippen molar-refractivity contribution in [1.29, 1.82) is 0 Å². The number of fused-ring (bicyclic) bond motifs is 2. The first-order valence-corrected chi connectivity index (χ1v) is 6.28. The van der Waals surface area contributed by atoms with Crippen LogP contribution >= 0.6 is 0 Å². The molecular formula is C14H7N3O5. The molecule has 0 aliphatic heterocycles. The molecule has 3 aromatic heterocycles. The second-order valence-corrected chi connectivity index (χ2v) is 4.60. The zero-order valence-corrected chi connectivity index (χ0v) is 10.9. The first-order chi connectivity index (χ1) is 10.6. The Labute approximate surface area is 120 Å². The summed E-state index contributed by atoms with van der Waals surface area (Å²) in [6.45, 7) is 0. The molecule has 0 aliphatic rings. The van der Waals surface area contributed by atoms with Gasteiger partial charge in [-0.15, -0.1) is 5.10 Å². The summed E-state index contributed by atoms with van der Waals surface area (Å²) in [6, 6.07) is 7.99. The zero-order valence-electron chi connectivity index (χ0n) is 10.9. The van der Waals surface area contributed by atoms with Gasteiger partial charge in [0.25, 0.3) is 11.4 Å². The van der Waals surface area contributed by atoms with E-state index in [1.165, 1.54) is 6.07 Å². The highest BCUT2D eigenvalue weighted by atomic mass is 16.4. The number of H-pyrrole nitrogens is 2. The van der Waals surface area contributed by atoms with Crippen LogP contribution in [0.25, 0.3) is 33.5 Å². The number of hydrogen-bond donors (Lipinski definition) is 2. The van der Waals surface area contributed by atoms with E-state index >= 15 is 0 Å². The zero-order chi connectivity index (χ0) is 15.3. The van der Waals surface area contributed by atoms with Crippen molar-refractivity contribution in [1.82, 2.24) is 15.2 Å². The fourth-order valence-electron chi connectivity index (χ4n) is 2.26. The van der Waals surface area contributed by atoms with Crippen LogP contribution in [-0.4, -0.2) is 15.2 Å². The molecule has 0 fully saturated rings. The second-order valence-electron chi connectivity index (χ2n) is 4.60. The summed E-state index contributed by atoms with van der Waals surface area (Å²) in [5.74, 6) is -0.985. The van der Waals surface area contributed by atoms with Crippen LogP contribution in [0.15, 0.2) is 53.5 Å². The van der Waals surface area contributed by atoms with Gasteiger partial charge in [-0.25, -0.2) is 9.89 Å². The number of nitrogens with zero attached hydrogens (tertiary/aromatic N) is 1. The van der Waals surface area contributed by atoms with E-state index in [0.29, 0.717) is 11.0 Å². The van der Waals surface area contributed by atoms with E-state index in [4.69, 9.17) is 8.83 Å². The molecule has 0 radical (unpaired) electrons. The number of rotatable bonds is 1. The van der Waals surface area contributed by atoms with Gasteiger partial charge in [0.05, 0.1) is 10.8 Å². The van der Waals surface area contributed by atoms with Crippen molar-refractivity contribution in [2.45, 2.75) is 0 Å². The first kappa shape index (κ1) is 12.3. The molecule has 8 heteroatoms. The lowest BCUT2D eigenvalue weighted by Crippen LogP contribution is -2.13. The average molecular weight is 297 g/mol. The van der Waals surface area contributed by atoms with E-state index in [1.54, 1.807) is 24.3 Å². The molecule has 4 aromatic rings. The number of aromatic amines is 2. The molecule has 0 spiro atoms. The van der Waals surface area contributed by atoms with Gasteiger partial charge in [-0.05, 0) is 18.2 Å². The summed E-state index contributed by atoms with van der Waals surface area (Å²) in [5, 5.41) is 6.20. The maximum absolute atomic E-state index is 12.5. The molecule has 0 amide bonds. The molecule has 0 bridgehead atoms. The van der Waals surface area contributed by atoms with Crippen LogP contribution in [-0.2, 0) is 0 Å². The third-order valence-electron chi connectivity index (χ3n) is 3.26. The van der Waals surface area contributed by atoms with Crippen molar-refractivity contribution in [3.8, 4) is 11.5 Å². The summed E-state index contributed by atoms with van der Waals surface area (Å²) < 4.78 is 10.3. The van der Waals surface area contributed by atoms with Crippen LogP contribution in [0, 0.1) is 0 Å². The largest absolute Gasteiger partial charge is 0.439 e. The van der Waals surface area contributed by atoms with Gasteiger partial charge in [0, 0.05) is 0 Å². The van der Waals surface area contributed by atoms with Crippen molar-refractivity contribution in [2.75, 3.05) is 0 Å². The molecule has 22 heavy (non-hydrogen) atoms. The van der Waals surface area contributed by atoms with E-state index in [1.807, 2.05) is 0 Å². The van der Waals surface area contributed by atoms with E-state index in [9.17, 15) is 14.4 Å². The van der Waals surface area contributed by atoms with Crippen LogP contribution < -0.4 is 16.7 Å². The third kappa shape index (κ3) is 1.71. The van der Waals surface area contributed by atoms with E-state index in [0.717, 1.165) is 0 Å². The predicted octanol–water partition coefficient (Wildman–Crippen LogP) is 0.978. The minimum atomic E-state index is -0.792. The van der Waals surface area contributed by atoms with E-state index < -0.39 is 11.3 Å². The number of nitrogens with one attached hydrogen (secondary N) is 2. The minimum Gasteiger partial charge on any atom is -0.439 e. The Bertz CT molecular complexity index is 1190. The maximum Gasteiger partial charge on any atom is 0.434 e. The molecule has 0 saturated carbocycles. The lowest BCUT2D eigenvalue weighted by Gasteiger charge is -2.01. The molecule has 0 atom stereocenters. The van der Waals surface area contributed by atoms with Crippen molar-refractivity contribution < 1.29 is 8.83 Å². The van der Waals surface area contributed by atoms with E-state index in [-0.39, 0.29) is 28.0 Å². The van der Waals surface area contributed by atoms with Gasteiger partial charge in [0.1, 0.15) is 11.1 Å². The smallest absolute Gasteiger partial charge is 0.434 e. The fraction of sp³-hybridized carbons (Fsp3) is 0. The van der Waals surface area contributed by atoms with Gasteiger partial charge in [0.15, 0.2) is 0 Å². The Balaban J connectivity index is 2.15. The number of hydrogen-bond acceptors (Lipinski definition) is 6. The Morgan fingerprint density at radius 1 is 1.00 bits per heavy atom. The van der Waals surface area contributed by atoms with Gasteiger partial charge in [-0.2, -0.15) is 0 Å². The fourth-order valence-corrected chi connectivity index (χ4v) is 2.26. The minimum absolute atomic E-state index is 0.0339. The van der Waals surface area contributed by atoms with Crippen molar-refractivity contribution in [3.63, 3.8) is 0 Å². The van der Waals surface area contributed by atoms with Gasteiger partial charge < -0.3 is 8.83 Å². The average Bonchev–Trinajstić information content (AvgIpc) is 2.93. The van der Waals surface area contributed by atoms with Crippen molar-refractivity contribution >= 4 is 22.1 Å². The topological polar surface area (TPSA) is 122 Å². The Morgan fingerprint density at radius 2 is 1.82 bits per heavy atom. The third-order valence-corrected chi connectivity index (χ3v) is 3.26. The predicted molar refractivity (Wildman–Crippen MR) is 76.7 cm³/mol. The van der Waals surface area contributed by atoms with Gasteiger partial charge in [-0.1, -0.05) is 12.1 Å². The number of para-hydroxylation sites is 1. The van der Waals surface area contributed by atoms with Gasteiger partial charge >= 0.3 is 5.76 Å². The standard InChI is InChI=1S/C14H7N3O5/c18-10-6-3-1-2-4-9(6)21-12-7(10)5-8(11(19)15-12)13-16-17-14(20)22-13/h1-5H,(H,15,19)(H,17,20). The molecule has 2 N–H and O–H groups in total. The Morgan fingerprint density at radius 3 is 2.59 bits per heavy atom. The molecule has 4 rings (SSSR count). The van der Waals surface area contributed by atoms with Crippen molar-refractivity contribution in [2.24, 2.45) is 0 Å². The molecular weight excluding hydrogens is 290 g/mol. The van der Waals surface area contributed by atoms with Crippen LogP contribution in [0.5, 0.6) is 0 Å². The Kier molecular flexibility index (Phi) is 2.40. The normalized spacial score (nSPS) is 11.3. The highest BCUT2D eigenvalue weighted by Crippen LogP contribution is 2.18. The van der Waals surface area contributed by atoms with Crippen LogP contribution in [0.2, 0.25) is 0 Å². The highest BCUT2D eigenvalue weighted by molar-refractivity contribution is 5.89. The molecule has 0 saturated heterocycles. The first-order valence-electron chi connectivity index (χ1n) is 6.28. The summed E-state index contributed by atoms with van der Waals surface area (Å²) in [7, 11) is 0. The summed E-state index contributed by atoms with van der Waals surface area (Å²) in [4.78, 5) is 38.0. The summed E-state index contributed by atoms with van der Waals surface area (Å²) in [6.07, 6.45) is 0. The molecule has 3 heterocycles. The monoisotopic (exact) mass is 297 g/mol. The molecule has 1 aromatic carbocycles. The molecule has 8 nitrogen and oxygen atoms in total. The van der Waals surface area contributed by atoms with Gasteiger partial charge in [-0.3, -0.25) is 14.6 Å². The lowest BCUT2D eigenvalue weighted by molar-refractivity contribution is 0.526. The molecule has 0 aliphatic carbocycles. The highest BCUT2D eigenvalue weighted by Gasteiger charge is 2.15. The van der Waals surface area contributed by atoms with Crippen LogP contribution in [0.1, 0.15) is 0 Å². The number of pyridine rings is 1. The lowest BCUT2D eigenvalue weighted by atomic mass is 10.1. The van der Waals surface area contributed by atoms with E-state index in [2.05, 4.69) is 15.2 Å². The quantitative estimate of drug-likeness (QED) is 0.505. The molecule has 0 unspecified atom stereocenters. The van der Waals surface area contributed by atoms with Crippen molar-refractivity contribution in [3.05, 3.63) is 61.5 Å².